The number of benzene rings is 2. The number of aromatic nitrogens is 6. The number of aryl methyl sites for hydroxylation is 2. The summed E-state index contributed by atoms with van der Waals surface area (Å²) in [5.41, 5.74) is 4.58. The highest BCUT2D eigenvalue weighted by molar-refractivity contribution is 6.04. The molecule has 0 atom stereocenters. The van der Waals surface area contributed by atoms with Gasteiger partial charge in [0.1, 0.15) is 5.69 Å². The zero-order valence-electron chi connectivity index (χ0n) is 26.7. The third kappa shape index (κ3) is 7.24. The van der Waals surface area contributed by atoms with E-state index in [9.17, 15) is 18.0 Å². The molecule has 2 N–H and O–H groups in total. The number of rotatable bonds is 8. The van der Waals surface area contributed by atoms with Gasteiger partial charge in [0.25, 0.3) is 5.91 Å². The van der Waals surface area contributed by atoms with Gasteiger partial charge in [0, 0.05) is 47.6 Å². The van der Waals surface area contributed by atoms with Gasteiger partial charge in [-0.1, -0.05) is 12.0 Å². The summed E-state index contributed by atoms with van der Waals surface area (Å²) in [6.07, 6.45) is 5.66. The lowest BCUT2D eigenvalue weighted by atomic mass is 10.0. The lowest BCUT2D eigenvalue weighted by molar-refractivity contribution is -0.137. The van der Waals surface area contributed by atoms with Crippen molar-refractivity contribution in [3.8, 4) is 17.5 Å². The van der Waals surface area contributed by atoms with E-state index in [-0.39, 0.29) is 16.9 Å². The number of alkyl halides is 3. The average Bonchev–Trinajstić information content (AvgIpc) is 3.79. The first-order valence-corrected chi connectivity index (χ1v) is 15.0. The van der Waals surface area contributed by atoms with E-state index >= 15 is 0 Å². The summed E-state index contributed by atoms with van der Waals surface area (Å²) in [5.74, 6) is 5.72. The van der Waals surface area contributed by atoms with Crippen molar-refractivity contribution in [2.45, 2.75) is 26.6 Å². The smallest absolute Gasteiger partial charge is 0.350 e. The van der Waals surface area contributed by atoms with E-state index in [1.807, 2.05) is 54.6 Å². The van der Waals surface area contributed by atoms with E-state index in [2.05, 4.69) is 42.4 Å². The molecule has 0 radical (unpaired) electrons. The Labute approximate surface area is 274 Å². The Bertz CT molecular complexity index is 2180. The van der Waals surface area contributed by atoms with Crippen LogP contribution in [0, 0.1) is 25.7 Å². The first kappa shape index (κ1) is 32.1. The van der Waals surface area contributed by atoms with Crippen molar-refractivity contribution in [3.05, 3.63) is 119 Å². The van der Waals surface area contributed by atoms with Crippen molar-refractivity contribution in [2.24, 2.45) is 0 Å². The van der Waals surface area contributed by atoms with Crippen LogP contribution in [0.3, 0.4) is 0 Å². The molecule has 0 aliphatic rings. The number of hydrogen-bond donors (Lipinski definition) is 2. The van der Waals surface area contributed by atoms with Crippen molar-refractivity contribution in [1.82, 2.24) is 33.6 Å². The van der Waals surface area contributed by atoms with Crippen molar-refractivity contribution in [3.63, 3.8) is 0 Å². The lowest BCUT2D eigenvalue weighted by Gasteiger charge is -2.14. The van der Waals surface area contributed by atoms with Crippen LogP contribution in [-0.2, 0) is 12.7 Å². The molecule has 6 rings (SSSR count). The molecular weight excluding hydrogens is 619 g/mol. The molecular formula is C35H32F3N9O. The normalized spacial score (nSPS) is 11.5. The predicted molar refractivity (Wildman–Crippen MR) is 178 cm³/mol. The van der Waals surface area contributed by atoms with Crippen molar-refractivity contribution in [1.29, 1.82) is 0 Å². The summed E-state index contributed by atoms with van der Waals surface area (Å²) in [6.45, 7) is 5.24. The van der Waals surface area contributed by atoms with Crippen LogP contribution in [0.25, 0.3) is 11.3 Å². The van der Waals surface area contributed by atoms with Crippen molar-refractivity contribution in [2.75, 3.05) is 31.3 Å². The Morgan fingerprint density at radius 2 is 1.81 bits per heavy atom. The van der Waals surface area contributed by atoms with Crippen LogP contribution < -0.4 is 10.6 Å². The molecule has 0 bridgehead atoms. The van der Waals surface area contributed by atoms with E-state index in [0.29, 0.717) is 22.6 Å². The van der Waals surface area contributed by atoms with Gasteiger partial charge in [-0.05, 0) is 81.9 Å². The van der Waals surface area contributed by atoms with E-state index < -0.39 is 17.6 Å². The predicted octanol–water partition coefficient (Wildman–Crippen LogP) is 6.31. The van der Waals surface area contributed by atoms with Gasteiger partial charge in [0.15, 0.2) is 5.65 Å². The lowest BCUT2D eigenvalue weighted by Crippen LogP contribution is -2.18. The summed E-state index contributed by atoms with van der Waals surface area (Å²) in [5, 5.41) is 10.4. The van der Waals surface area contributed by atoms with Crippen LogP contribution in [0.1, 0.15) is 38.4 Å². The van der Waals surface area contributed by atoms with Crippen LogP contribution in [0.15, 0.2) is 85.8 Å². The van der Waals surface area contributed by atoms with Gasteiger partial charge >= 0.3 is 6.18 Å². The molecule has 10 nitrogen and oxygen atoms in total. The first-order chi connectivity index (χ1) is 22.9. The SMILES string of the molecule is Cc1cn(-c2cc(NC(=O)c3ccc(C)c(C#Cc4cnc5c(Nc6cnn(CCN(C)C)c6)cccn45)c3)cc(C(F)(F)F)c2)cn1. The minimum absolute atomic E-state index is 0.000409. The number of pyridine rings is 1. The first-order valence-electron chi connectivity index (χ1n) is 15.0. The maximum absolute atomic E-state index is 13.7. The van der Waals surface area contributed by atoms with E-state index in [1.165, 1.54) is 17.0 Å². The van der Waals surface area contributed by atoms with Gasteiger partial charge < -0.3 is 20.1 Å². The molecule has 48 heavy (non-hydrogen) atoms. The van der Waals surface area contributed by atoms with Crippen LogP contribution in [0.5, 0.6) is 0 Å². The molecule has 0 saturated heterocycles. The number of hydrogen-bond acceptors (Lipinski definition) is 6. The minimum Gasteiger partial charge on any atom is -0.350 e. The number of likely N-dealkylation sites (N-methyl/N-ethyl adjacent to an activating group) is 1. The van der Waals surface area contributed by atoms with E-state index in [4.69, 9.17) is 0 Å². The van der Waals surface area contributed by atoms with Gasteiger partial charge in [0.2, 0.25) is 0 Å². The van der Waals surface area contributed by atoms with Crippen LogP contribution in [-0.4, -0.2) is 60.2 Å². The number of carbonyl (C=O) groups excluding carboxylic acids is 1. The monoisotopic (exact) mass is 651 g/mol. The highest BCUT2D eigenvalue weighted by Gasteiger charge is 2.31. The minimum atomic E-state index is -4.61. The van der Waals surface area contributed by atoms with Crippen molar-refractivity contribution < 1.29 is 18.0 Å². The number of amides is 1. The quantitative estimate of drug-likeness (QED) is 0.187. The highest BCUT2D eigenvalue weighted by Crippen LogP contribution is 2.33. The number of anilines is 3. The second kappa shape index (κ2) is 13.1. The summed E-state index contributed by atoms with van der Waals surface area (Å²) in [4.78, 5) is 24.0. The Hall–Kier alpha value is -5.87. The molecule has 13 heteroatoms. The molecule has 6 aromatic rings. The summed E-state index contributed by atoms with van der Waals surface area (Å²) >= 11 is 0. The average molecular weight is 652 g/mol. The number of nitrogens with zero attached hydrogens (tertiary/aromatic N) is 7. The summed E-state index contributed by atoms with van der Waals surface area (Å²) in [6, 6.07) is 12.2. The van der Waals surface area contributed by atoms with E-state index in [0.717, 1.165) is 42.2 Å². The second-order valence-electron chi connectivity index (χ2n) is 11.6. The summed E-state index contributed by atoms with van der Waals surface area (Å²) < 4.78 is 46.4. The van der Waals surface area contributed by atoms with Crippen LogP contribution >= 0.6 is 0 Å². The number of carbonyl (C=O) groups is 1. The van der Waals surface area contributed by atoms with Gasteiger partial charge in [-0.25, -0.2) is 9.97 Å². The Morgan fingerprint density at radius 3 is 2.56 bits per heavy atom. The Balaban J connectivity index is 1.22. The van der Waals surface area contributed by atoms with Gasteiger partial charge in [-0.15, -0.1) is 0 Å². The topological polar surface area (TPSA) is 97.3 Å². The molecule has 244 valence electrons. The number of imidazole rings is 2. The van der Waals surface area contributed by atoms with Crippen LogP contribution in [0.2, 0.25) is 0 Å². The van der Waals surface area contributed by atoms with Gasteiger partial charge in [-0.3, -0.25) is 13.9 Å². The molecule has 0 aliphatic carbocycles. The maximum Gasteiger partial charge on any atom is 0.416 e. The fourth-order valence-corrected chi connectivity index (χ4v) is 5.00. The van der Waals surface area contributed by atoms with Crippen molar-refractivity contribution >= 4 is 28.6 Å². The zero-order chi connectivity index (χ0) is 34.0. The number of nitrogens with one attached hydrogen (secondary N) is 2. The molecule has 0 fully saturated rings. The molecule has 4 aromatic heterocycles. The fourth-order valence-electron chi connectivity index (χ4n) is 5.00. The van der Waals surface area contributed by atoms with E-state index in [1.54, 1.807) is 43.7 Å². The molecule has 0 spiro atoms. The Kier molecular flexibility index (Phi) is 8.75. The van der Waals surface area contributed by atoms with Gasteiger partial charge in [0.05, 0.1) is 47.9 Å². The van der Waals surface area contributed by atoms with Crippen LogP contribution in [0.4, 0.5) is 30.2 Å². The number of fused-ring (bicyclic) bond motifs is 1. The molecule has 0 saturated carbocycles. The fraction of sp³-hybridized carbons (Fsp3) is 0.200. The number of halogens is 3. The highest BCUT2D eigenvalue weighted by atomic mass is 19.4. The largest absolute Gasteiger partial charge is 0.416 e. The Morgan fingerprint density at radius 1 is 0.979 bits per heavy atom. The molecule has 0 unspecified atom stereocenters. The molecule has 2 aromatic carbocycles. The maximum atomic E-state index is 13.7. The third-order valence-corrected chi connectivity index (χ3v) is 7.56. The zero-order valence-corrected chi connectivity index (χ0v) is 26.7. The second-order valence-corrected chi connectivity index (χ2v) is 11.6. The van der Waals surface area contributed by atoms with Gasteiger partial charge in [-0.2, -0.15) is 18.3 Å². The molecule has 4 heterocycles. The molecule has 0 aliphatic heterocycles. The summed E-state index contributed by atoms with van der Waals surface area (Å²) in [7, 11) is 4.03. The standard InChI is InChI=1S/C35H32F3N9O/c1-23-7-8-26(34(48)43-28-15-27(35(36,37)38)16-31(17-28)45-20-24(2)40-22-45)14-25(23)9-10-30-19-39-33-32(6-5-11-47(30)33)42-29-18-41-46(21-29)13-12-44(3)4/h5-8,11,14-22,42H,12-13H2,1-4H3,(H,43,48). The third-order valence-electron chi connectivity index (χ3n) is 7.56. The molecule has 1 amide bonds.